The van der Waals surface area contributed by atoms with Gasteiger partial charge in [-0.05, 0) is 49.6 Å². The van der Waals surface area contributed by atoms with Crippen LogP contribution in [0.4, 0.5) is 16.5 Å². The summed E-state index contributed by atoms with van der Waals surface area (Å²) in [6.45, 7) is 6.31. The highest BCUT2D eigenvalue weighted by Gasteiger charge is 2.16. The van der Waals surface area contributed by atoms with Gasteiger partial charge in [0.25, 0.3) is 0 Å². The minimum Gasteiger partial charge on any atom is -0.332 e. The van der Waals surface area contributed by atoms with Crippen molar-refractivity contribution in [3.63, 3.8) is 0 Å². The Hall–Kier alpha value is -2.66. The molecular weight excluding hydrogens is 378 g/mol. The van der Waals surface area contributed by atoms with Crippen molar-refractivity contribution in [2.45, 2.75) is 46.5 Å². The topological polar surface area (TPSA) is 54.0 Å². The maximum Gasteiger partial charge on any atom is 0.227 e. The Morgan fingerprint density at radius 1 is 1.10 bits per heavy atom. The van der Waals surface area contributed by atoms with E-state index < -0.39 is 0 Å². The number of nitrogens with zero attached hydrogens (tertiary/aromatic N) is 1. The van der Waals surface area contributed by atoms with Crippen LogP contribution >= 0.6 is 11.3 Å². The molecule has 0 saturated heterocycles. The van der Waals surface area contributed by atoms with Crippen LogP contribution < -0.4 is 10.6 Å². The standard InChI is InChI=1S/C24H29N3OS/c1-4-6-10-18(5-2)23(28)25-21-13-8-11-19(15-21)22-16-29-24(27-22)26-20-12-7-9-17(3)14-20/h7-9,11-16,18H,4-6,10H2,1-3H3,(H,25,28)(H,26,27). The van der Waals surface area contributed by atoms with Crippen molar-refractivity contribution >= 4 is 33.8 Å². The summed E-state index contributed by atoms with van der Waals surface area (Å²) in [4.78, 5) is 17.3. The molecule has 0 bridgehead atoms. The first-order chi connectivity index (χ1) is 14.1. The fourth-order valence-electron chi connectivity index (χ4n) is 3.28. The number of carbonyl (C=O) groups is 1. The minimum atomic E-state index is 0.0722. The molecule has 0 radical (unpaired) electrons. The molecule has 0 fully saturated rings. The molecule has 2 aromatic carbocycles. The summed E-state index contributed by atoms with van der Waals surface area (Å²) in [5.74, 6) is 0.182. The molecule has 3 aromatic rings. The zero-order valence-electron chi connectivity index (χ0n) is 17.4. The van der Waals surface area contributed by atoms with Crippen molar-refractivity contribution in [3.05, 3.63) is 59.5 Å². The summed E-state index contributed by atoms with van der Waals surface area (Å²) >= 11 is 1.57. The van der Waals surface area contributed by atoms with Crippen LogP contribution in [0.25, 0.3) is 11.3 Å². The largest absolute Gasteiger partial charge is 0.332 e. The lowest BCUT2D eigenvalue weighted by Crippen LogP contribution is -2.22. The molecule has 1 unspecified atom stereocenters. The molecule has 2 N–H and O–H groups in total. The number of nitrogens with one attached hydrogen (secondary N) is 2. The molecule has 1 heterocycles. The lowest BCUT2D eigenvalue weighted by molar-refractivity contribution is -0.120. The number of carbonyl (C=O) groups excluding carboxylic acids is 1. The Labute approximate surface area is 177 Å². The summed E-state index contributed by atoms with van der Waals surface area (Å²) in [6, 6.07) is 16.2. The SMILES string of the molecule is CCCCC(CC)C(=O)Nc1cccc(-c2csc(Nc3cccc(C)c3)n2)c1. The van der Waals surface area contributed by atoms with Gasteiger partial charge in [-0.1, -0.05) is 51.0 Å². The number of aryl methyl sites for hydroxylation is 1. The van der Waals surface area contributed by atoms with E-state index in [1.54, 1.807) is 11.3 Å². The Morgan fingerprint density at radius 2 is 1.90 bits per heavy atom. The van der Waals surface area contributed by atoms with Gasteiger partial charge in [0.15, 0.2) is 5.13 Å². The molecule has 5 heteroatoms. The number of amides is 1. The Morgan fingerprint density at radius 3 is 2.66 bits per heavy atom. The number of aromatic nitrogens is 1. The Kier molecular flexibility index (Phi) is 7.42. The number of hydrogen-bond donors (Lipinski definition) is 2. The second-order valence-electron chi connectivity index (χ2n) is 7.35. The first kappa shape index (κ1) is 21.1. The third-order valence-corrected chi connectivity index (χ3v) is 5.73. The fourth-order valence-corrected chi connectivity index (χ4v) is 4.02. The van der Waals surface area contributed by atoms with Gasteiger partial charge >= 0.3 is 0 Å². The number of thiazole rings is 1. The smallest absolute Gasteiger partial charge is 0.227 e. The summed E-state index contributed by atoms with van der Waals surface area (Å²) in [5, 5.41) is 9.34. The molecular formula is C24H29N3OS. The van der Waals surface area contributed by atoms with Crippen LogP contribution in [-0.4, -0.2) is 10.9 Å². The third-order valence-electron chi connectivity index (χ3n) is 4.97. The first-order valence-corrected chi connectivity index (χ1v) is 11.2. The predicted molar refractivity (Wildman–Crippen MR) is 124 cm³/mol. The molecule has 1 atom stereocenters. The maximum atomic E-state index is 12.6. The molecule has 29 heavy (non-hydrogen) atoms. The van der Waals surface area contributed by atoms with Gasteiger partial charge in [-0.25, -0.2) is 4.98 Å². The van der Waals surface area contributed by atoms with Gasteiger partial charge < -0.3 is 10.6 Å². The lowest BCUT2D eigenvalue weighted by Gasteiger charge is -2.15. The summed E-state index contributed by atoms with van der Waals surface area (Å²) in [5.41, 5.74) is 4.96. The van der Waals surface area contributed by atoms with E-state index in [0.29, 0.717) is 0 Å². The molecule has 4 nitrogen and oxygen atoms in total. The molecule has 0 spiro atoms. The zero-order chi connectivity index (χ0) is 20.6. The van der Waals surface area contributed by atoms with E-state index in [-0.39, 0.29) is 11.8 Å². The van der Waals surface area contributed by atoms with Gasteiger partial charge in [0.2, 0.25) is 5.91 Å². The first-order valence-electron chi connectivity index (χ1n) is 10.3. The number of hydrogen-bond acceptors (Lipinski definition) is 4. The number of unbranched alkanes of at least 4 members (excludes halogenated alkanes) is 1. The second-order valence-corrected chi connectivity index (χ2v) is 8.21. The second kappa shape index (κ2) is 10.2. The molecule has 0 aliphatic rings. The highest BCUT2D eigenvalue weighted by molar-refractivity contribution is 7.14. The summed E-state index contributed by atoms with van der Waals surface area (Å²) in [6.07, 6.45) is 4.01. The molecule has 3 rings (SSSR count). The molecule has 0 aliphatic carbocycles. The normalized spacial score (nSPS) is 11.8. The van der Waals surface area contributed by atoms with Gasteiger partial charge in [0.1, 0.15) is 0 Å². The molecule has 1 amide bonds. The van der Waals surface area contributed by atoms with Crippen LogP contribution in [0, 0.1) is 12.8 Å². The van der Waals surface area contributed by atoms with Crippen molar-refractivity contribution in [1.82, 2.24) is 4.98 Å². The highest BCUT2D eigenvalue weighted by atomic mass is 32.1. The molecule has 152 valence electrons. The van der Waals surface area contributed by atoms with E-state index >= 15 is 0 Å². The van der Waals surface area contributed by atoms with Crippen LogP contribution in [0.15, 0.2) is 53.9 Å². The third kappa shape index (κ3) is 5.91. The predicted octanol–water partition coefficient (Wildman–Crippen LogP) is 7.02. The molecule has 1 aromatic heterocycles. The van der Waals surface area contributed by atoms with Crippen LogP contribution in [0.1, 0.15) is 45.1 Å². The van der Waals surface area contributed by atoms with Crippen LogP contribution in [0.5, 0.6) is 0 Å². The average Bonchev–Trinajstić information content (AvgIpc) is 3.17. The van der Waals surface area contributed by atoms with E-state index in [4.69, 9.17) is 4.98 Å². The van der Waals surface area contributed by atoms with E-state index in [1.165, 1.54) is 5.56 Å². The van der Waals surface area contributed by atoms with Gasteiger partial charge in [0, 0.05) is 28.2 Å². The maximum absolute atomic E-state index is 12.6. The van der Waals surface area contributed by atoms with Crippen molar-refractivity contribution < 1.29 is 4.79 Å². The van der Waals surface area contributed by atoms with Gasteiger partial charge in [-0.15, -0.1) is 11.3 Å². The van der Waals surface area contributed by atoms with Crippen molar-refractivity contribution in [3.8, 4) is 11.3 Å². The van der Waals surface area contributed by atoms with Crippen LogP contribution in [-0.2, 0) is 4.79 Å². The quantitative estimate of drug-likeness (QED) is 0.401. The van der Waals surface area contributed by atoms with Gasteiger partial charge in [-0.2, -0.15) is 0 Å². The monoisotopic (exact) mass is 407 g/mol. The number of anilines is 3. The minimum absolute atomic E-state index is 0.0722. The van der Waals surface area contributed by atoms with Crippen molar-refractivity contribution in [1.29, 1.82) is 0 Å². The van der Waals surface area contributed by atoms with Crippen LogP contribution in [0.2, 0.25) is 0 Å². The molecule has 0 saturated carbocycles. The fraction of sp³-hybridized carbons (Fsp3) is 0.333. The van der Waals surface area contributed by atoms with E-state index in [0.717, 1.165) is 53.4 Å². The summed E-state index contributed by atoms with van der Waals surface area (Å²) in [7, 11) is 0. The zero-order valence-corrected chi connectivity index (χ0v) is 18.2. The van der Waals surface area contributed by atoms with Gasteiger partial charge in [-0.3, -0.25) is 4.79 Å². The van der Waals surface area contributed by atoms with E-state index in [9.17, 15) is 4.79 Å². The molecule has 0 aliphatic heterocycles. The van der Waals surface area contributed by atoms with E-state index in [2.05, 4.69) is 43.5 Å². The van der Waals surface area contributed by atoms with Gasteiger partial charge in [0.05, 0.1) is 5.69 Å². The summed E-state index contributed by atoms with van der Waals surface area (Å²) < 4.78 is 0. The lowest BCUT2D eigenvalue weighted by atomic mass is 9.98. The number of benzene rings is 2. The van der Waals surface area contributed by atoms with Crippen molar-refractivity contribution in [2.75, 3.05) is 10.6 Å². The number of rotatable bonds is 9. The average molecular weight is 408 g/mol. The van der Waals surface area contributed by atoms with Crippen molar-refractivity contribution in [2.24, 2.45) is 5.92 Å². The Bertz CT molecular complexity index is 951. The highest BCUT2D eigenvalue weighted by Crippen LogP contribution is 2.29. The Balaban J connectivity index is 1.69. The van der Waals surface area contributed by atoms with E-state index in [1.807, 2.05) is 41.8 Å². The van der Waals surface area contributed by atoms with Crippen LogP contribution in [0.3, 0.4) is 0 Å².